The van der Waals surface area contributed by atoms with Crippen molar-refractivity contribution in [2.45, 2.75) is 44.9 Å². The van der Waals surface area contributed by atoms with Crippen molar-refractivity contribution in [1.29, 1.82) is 0 Å². The SMILES string of the molecule is [N-]=[N+]=C1C2CC3CC(C2)CC1(C(=O)CC(=O)CC(=O)c1ccccc1)C3. The number of carbonyl (C=O) groups excluding carboxylic acids is 3. The van der Waals surface area contributed by atoms with Gasteiger partial charge in [-0.05, 0) is 43.9 Å². The summed E-state index contributed by atoms with van der Waals surface area (Å²) in [4.78, 5) is 41.2. The molecule has 0 aliphatic heterocycles. The molecular weight excluding hydrogens is 328 g/mol. The maximum absolute atomic E-state index is 13.1. The van der Waals surface area contributed by atoms with E-state index in [1.165, 1.54) is 0 Å². The molecule has 2 atom stereocenters. The molecule has 26 heavy (non-hydrogen) atoms. The molecule has 0 aromatic heterocycles. The second-order valence-electron chi connectivity index (χ2n) is 8.22. The standard InChI is InChI=1S/C21H22N2O3/c22-23-20-16-7-13-6-14(8-16)12-21(20,11-13)19(26)10-17(24)9-18(25)15-4-2-1-3-5-15/h1-5,13-14,16H,6-12H2. The van der Waals surface area contributed by atoms with Gasteiger partial charge in [-0.3, -0.25) is 14.4 Å². The third-order valence-electron chi connectivity index (χ3n) is 6.51. The molecule has 0 saturated heterocycles. The van der Waals surface area contributed by atoms with Crippen LogP contribution in [0.1, 0.15) is 55.3 Å². The van der Waals surface area contributed by atoms with Gasteiger partial charge in [0.2, 0.25) is 0 Å². The van der Waals surface area contributed by atoms with Gasteiger partial charge in [0.05, 0.1) is 18.8 Å². The van der Waals surface area contributed by atoms with Crippen LogP contribution in [-0.4, -0.2) is 27.9 Å². The van der Waals surface area contributed by atoms with Crippen LogP contribution in [0.2, 0.25) is 0 Å². The first-order chi connectivity index (χ1) is 12.5. The Morgan fingerprint density at radius 3 is 2.27 bits per heavy atom. The predicted molar refractivity (Wildman–Crippen MR) is 94.6 cm³/mol. The Kier molecular flexibility index (Phi) is 4.20. The fraction of sp³-hybridized carbons (Fsp3) is 0.524. The van der Waals surface area contributed by atoms with Crippen LogP contribution >= 0.6 is 0 Å². The Labute approximate surface area is 152 Å². The zero-order valence-corrected chi connectivity index (χ0v) is 14.7. The molecule has 5 heteroatoms. The zero-order valence-electron chi connectivity index (χ0n) is 14.7. The Balaban J connectivity index is 1.48. The van der Waals surface area contributed by atoms with Crippen molar-refractivity contribution in [1.82, 2.24) is 0 Å². The molecule has 1 aromatic rings. The van der Waals surface area contributed by atoms with Gasteiger partial charge < -0.3 is 5.53 Å². The highest BCUT2D eigenvalue weighted by Gasteiger charge is 2.63. The first-order valence-corrected chi connectivity index (χ1v) is 9.37. The first-order valence-electron chi connectivity index (χ1n) is 9.37. The van der Waals surface area contributed by atoms with Gasteiger partial charge in [0.15, 0.2) is 11.6 Å². The molecule has 4 saturated carbocycles. The highest BCUT2D eigenvalue weighted by molar-refractivity contribution is 6.18. The van der Waals surface area contributed by atoms with Gasteiger partial charge in [0.1, 0.15) is 11.2 Å². The summed E-state index contributed by atoms with van der Waals surface area (Å²) in [6.45, 7) is 0. The largest absolute Gasteiger partial charge is 0.362 e. The number of nitrogens with zero attached hydrogens (tertiary/aromatic N) is 2. The highest BCUT2D eigenvalue weighted by atomic mass is 16.2. The van der Waals surface area contributed by atoms with Crippen molar-refractivity contribution < 1.29 is 19.2 Å². The molecule has 4 aliphatic rings. The van der Waals surface area contributed by atoms with E-state index in [9.17, 15) is 19.9 Å². The number of rotatable bonds is 6. The molecule has 5 nitrogen and oxygen atoms in total. The number of ketones is 3. The van der Waals surface area contributed by atoms with Gasteiger partial charge in [0.25, 0.3) is 5.71 Å². The second-order valence-corrected chi connectivity index (χ2v) is 8.22. The van der Waals surface area contributed by atoms with Gasteiger partial charge in [0, 0.05) is 5.56 Å². The second kappa shape index (κ2) is 6.40. The number of hydrogen-bond donors (Lipinski definition) is 0. The van der Waals surface area contributed by atoms with Crippen LogP contribution in [0.3, 0.4) is 0 Å². The summed E-state index contributed by atoms with van der Waals surface area (Å²) in [5, 5.41) is 0. The summed E-state index contributed by atoms with van der Waals surface area (Å²) in [5.74, 6) is 0.388. The van der Waals surface area contributed by atoms with E-state index in [0.717, 1.165) is 19.3 Å². The van der Waals surface area contributed by atoms with Crippen molar-refractivity contribution in [3.8, 4) is 0 Å². The van der Waals surface area contributed by atoms with Crippen molar-refractivity contribution in [3.63, 3.8) is 0 Å². The fourth-order valence-corrected chi connectivity index (χ4v) is 5.65. The fourth-order valence-electron chi connectivity index (χ4n) is 5.65. The van der Waals surface area contributed by atoms with Gasteiger partial charge in [-0.2, -0.15) is 4.79 Å². The van der Waals surface area contributed by atoms with E-state index in [4.69, 9.17) is 0 Å². The molecule has 4 bridgehead atoms. The lowest BCUT2D eigenvalue weighted by Gasteiger charge is -2.52. The minimum Gasteiger partial charge on any atom is -0.362 e. The molecule has 0 radical (unpaired) electrons. The molecule has 5 rings (SSSR count). The Bertz CT molecular complexity index is 809. The molecular formula is C21H22N2O3. The molecule has 4 aliphatic carbocycles. The smallest absolute Gasteiger partial charge is 0.285 e. The molecule has 4 fully saturated rings. The van der Waals surface area contributed by atoms with Crippen LogP contribution in [0, 0.1) is 23.2 Å². The molecule has 0 amide bonds. The lowest BCUT2D eigenvalue weighted by molar-refractivity contribution is -0.140. The van der Waals surface area contributed by atoms with Gasteiger partial charge in [-0.15, -0.1) is 0 Å². The third kappa shape index (κ3) is 2.77. The topological polar surface area (TPSA) is 87.6 Å². The Morgan fingerprint density at radius 1 is 1.00 bits per heavy atom. The van der Waals surface area contributed by atoms with Crippen molar-refractivity contribution in [2.24, 2.45) is 23.2 Å². The number of carbonyl (C=O) groups is 3. The third-order valence-corrected chi connectivity index (χ3v) is 6.51. The summed E-state index contributed by atoms with van der Waals surface area (Å²) >= 11 is 0. The quantitative estimate of drug-likeness (QED) is 0.341. The Hall–Kier alpha value is -2.39. The van der Waals surface area contributed by atoms with E-state index in [-0.39, 0.29) is 36.1 Å². The molecule has 1 aromatic carbocycles. The predicted octanol–water partition coefficient (Wildman–Crippen LogP) is 3.28. The maximum Gasteiger partial charge on any atom is 0.285 e. The Morgan fingerprint density at radius 2 is 1.65 bits per heavy atom. The van der Waals surface area contributed by atoms with E-state index in [0.29, 0.717) is 36.0 Å². The zero-order chi connectivity index (χ0) is 18.3. The van der Waals surface area contributed by atoms with E-state index < -0.39 is 5.41 Å². The minimum absolute atomic E-state index is 0.157. The lowest BCUT2D eigenvalue weighted by Crippen LogP contribution is -2.57. The number of hydrogen-bond acceptors (Lipinski definition) is 3. The first kappa shape index (κ1) is 17.0. The minimum atomic E-state index is -0.769. The summed E-state index contributed by atoms with van der Waals surface area (Å²) in [5.41, 5.74) is 9.85. The molecule has 2 unspecified atom stereocenters. The van der Waals surface area contributed by atoms with Crippen LogP contribution in [0.15, 0.2) is 30.3 Å². The number of Topliss-reactive ketones (excluding diaryl/α,β-unsaturated/α-hetero) is 3. The van der Waals surface area contributed by atoms with Crippen molar-refractivity contribution in [2.75, 3.05) is 0 Å². The van der Waals surface area contributed by atoms with Gasteiger partial charge in [-0.1, -0.05) is 30.3 Å². The molecule has 134 valence electrons. The number of benzene rings is 1. The van der Waals surface area contributed by atoms with Crippen LogP contribution in [0.5, 0.6) is 0 Å². The van der Waals surface area contributed by atoms with Crippen LogP contribution < -0.4 is 0 Å². The van der Waals surface area contributed by atoms with Crippen LogP contribution in [-0.2, 0) is 9.59 Å². The average molecular weight is 350 g/mol. The van der Waals surface area contributed by atoms with Gasteiger partial charge >= 0.3 is 0 Å². The summed E-state index contributed by atoms with van der Waals surface area (Å²) < 4.78 is 0. The lowest BCUT2D eigenvalue weighted by atomic mass is 9.47. The van der Waals surface area contributed by atoms with E-state index >= 15 is 0 Å². The van der Waals surface area contributed by atoms with Crippen molar-refractivity contribution >= 4 is 23.1 Å². The summed E-state index contributed by atoms with van der Waals surface area (Å²) in [6.07, 6.45) is 4.01. The molecule has 0 N–H and O–H groups in total. The average Bonchev–Trinajstić information content (AvgIpc) is 2.61. The summed E-state index contributed by atoms with van der Waals surface area (Å²) in [6, 6.07) is 8.66. The van der Waals surface area contributed by atoms with E-state index in [1.807, 2.05) is 6.07 Å². The monoisotopic (exact) mass is 350 g/mol. The van der Waals surface area contributed by atoms with E-state index in [1.54, 1.807) is 24.3 Å². The van der Waals surface area contributed by atoms with Crippen molar-refractivity contribution in [3.05, 3.63) is 41.4 Å². The van der Waals surface area contributed by atoms with Gasteiger partial charge in [-0.25, -0.2) is 0 Å². The van der Waals surface area contributed by atoms with E-state index in [2.05, 4.69) is 4.79 Å². The van der Waals surface area contributed by atoms with Crippen LogP contribution in [0.25, 0.3) is 5.53 Å². The molecule has 0 heterocycles. The maximum atomic E-state index is 13.1. The van der Waals surface area contributed by atoms with Crippen LogP contribution in [0.4, 0.5) is 0 Å². The highest BCUT2D eigenvalue weighted by Crippen LogP contribution is 2.58. The molecule has 0 spiro atoms. The normalized spacial score (nSPS) is 31.5. The summed E-state index contributed by atoms with van der Waals surface area (Å²) in [7, 11) is 0.